The Bertz CT molecular complexity index is 927. The van der Waals surface area contributed by atoms with E-state index in [-0.39, 0.29) is 17.3 Å². The van der Waals surface area contributed by atoms with E-state index < -0.39 is 10.8 Å². The molecular formula is C15H15N7O3. The summed E-state index contributed by atoms with van der Waals surface area (Å²) in [6.07, 6.45) is 2.64. The number of rotatable bonds is 5. The highest BCUT2D eigenvalue weighted by atomic mass is 16.6. The lowest BCUT2D eigenvalue weighted by atomic mass is 10.1. The molecule has 3 aromatic rings. The molecule has 0 saturated heterocycles. The van der Waals surface area contributed by atoms with Gasteiger partial charge in [-0.25, -0.2) is 9.67 Å². The Morgan fingerprint density at radius 2 is 2.00 bits per heavy atom. The van der Waals surface area contributed by atoms with Gasteiger partial charge in [0.15, 0.2) is 0 Å². The fourth-order valence-electron chi connectivity index (χ4n) is 2.24. The number of hydrogen-bond acceptors (Lipinski definition) is 6. The summed E-state index contributed by atoms with van der Waals surface area (Å²) in [5.74, 6) is -0.683. The van der Waals surface area contributed by atoms with Crippen LogP contribution in [0.3, 0.4) is 0 Å². The SMILES string of the molecule is Cc1ccc(Cn2cnc(NC(=O)c3nn(C)cc3[N+](=O)[O-])n2)cc1. The average Bonchev–Trinajstić information content (AvgIpc) is 3.16. The van der Waals surface area contributed by atoms with Gasteiger partial charge >= 0.3 is 5.69 Å². The monoisotopic (exact) mass is 341 g/mol. The lowest BCUT2D eigenvalue weighted by Crippen LogP contribution is -2.16. The Morgan fingerprint density at radius 3 is 2.68 bits per heavy atom. The first-order valence-electron chi connectivity index (χ1n) is 7.37. The molecule has 0 saturated carbocycles. The largest absolute Gasteiger partial charge is 0.320 e. The van der Waals surface area contributed by atoms with E-state index in [9.17, 15) is 14.9 Å². The van der Waals surface area contributed by atoms with Crippen LogP contribution in [0.5, 0.6) is 0 Å². The third-order valence-corrected chi connectivity index (χ3v) is 3.45. The highest BCUT2D eigenvalue weighted by Crippen LogP contribution is 2.17. The molecule has 1 amide bonds. The zero-order valence-corrected chi connectivity index (χ0v) is 13.6. The standard InChI is InChI=1S/C15H15N7O3/c1-10-3-5-11(6-4-10)7-21-9-16-15(19-21)17-14(23)13-12(22(24)25)8-20(2)18-13/h3-6,8-9H,7H2,1-2H3,(H,17,19,23). The number of aromatic nitrogens is 5. The van der Waals surface area contributed by atoms with Crippen molar-refractivity contribution in [3.63, 3.8) is 0 Å². The number of aryl methyl sites for hydroxylation is 2. The molecule has 3 rings (SSSR count). The molecule has 0 aliphatic heterocycles. The van der Waals surface area contributed by atoms with Crippen LogP contribution in [0, 0.1) is 17.0 Å². The van der Waals surface area contributed by atoms with Gasteiger partial charge in [0.2, 0.25) is 11.6 Å². The maximum Gasteiger partial charge on any atom is 0.320 e. The van der Waals surface area contributed by atoms with Crippen LogP contribution in [0.25, 0.3) is 0 Å². The fourth-order valence-corrected chi connectivity index (χ4v) is 2.24. The topological polar surface area (TPSA) is 121 Å². The van der Waals surface area contributed by atoms with Crippen LogP contribution in [-0.4, -0.2) is 35.4 Å². The van der Waals surface area contributed by atoms with E-state index >= 15 is 0 Å². The minimum absolute atomic E-state index is 0.0528. The molecule has 0 unspecified atom stereocenters. The molecular weight excluding hydrogens is 326 g/mol. The van der Waals surface area contributed by atoms with Crippen LogP contribution >= 0.6 is 0 Å². The normalized spacial score (nSPS) is 10.6. The number of nitro groups is 1. The van der Waals surface area contributed by atoms with E-state index in [4.69, 9.17) is 0 Å². The summed E-state index contributed by atoms with van der Waals surface area (Å²) in [6, 6.07) is 7.95. The molecule has 0 aliphatic rings. The van der Waals surface area contributed by atoms with Crippen molar-refractivity contribution < 1.29 is 9.72 Å². The van der Waals surface area contributed by atoms with Gasteiger partial charge in [-0.2, -0.15) is 5.10 Å². The predicted octanol–water partition coefficient (Wildman–Crippen LogP) is 1.53. The number of amides is 1. The van der Waals surface area contributed by atoms with Gasteiger partial charge in [-0.1, -0.05) is 29.8 Å². The smallest absolute Gasteiger partial charge is 0.287 e. The second-order valence-corrected chi connectivity index (χ2v) is 5.50. The van der Waals surface area contributed by atoms with Gasteiger partial charge in [0.05, 0.1) is 11.5 Å². The average molecular weight is 341 g/mol. The van der Waals surface area contributed by atoms with Crippen molar-refractivity contribution in [1.29, 1.82) is 0 Å². The van der Waals surface area contributed by atoms with Crippen LogP contribution < -0.4 is 5.32 Å². The van der Waals surface area contributed by atoms with E-state index in [0.29, 0.717) is 6.54 Å². The lowest BCUT2D eigenvalue weighted by Gasteiger charge is -2.01. The molecule has 2 heterocycles. The quantitative estimate of drug-likeness (QED) is 0.555. The summed E-state index contributed by atoms with van der Waals surface area (Å²) in [7, 11) is 1.50. The van der Waals surface area contributed by atoms with E-state index in [1.807, 2.05) is 31.2 Å². The molecule has 1 aromatic carbocycles. The zero-order valence-electron chi connectivity index (χ0n) is 13.6. The minimum atomic E-state index is -0.736. The second kappa shape index (κ2) is 6.51. The van der Waals surface area contributed by atoms with Gasteiger partial charge in [0.1, 0.15) is 12.5 Å². The molecule has 0 atom stereocenters. The van der Waals surface area contributed by atoms with Crippen LogP contribution in [0.2, 0.25) is 0 Å². The van der Waals surface area contributed by atoms with Crippen molar-refractivity contribution in [2.45, 2.75) is 13.5 Å². The molecule has 2 aromatic heterocycles. The molecule has 0 fully saturated rings. The van der Waals surface area contributed by atoms with E-state index in [1.165, 1.54) is 24.3 Å². The van der Waals surface area contributed by atoms with Crippen LogP contribution in [0.4, 0.5) is 11.6 Å². The van der Waals surface area contributed by atoms with Crippen molar-refractivity contribution in [3.05, 3.63) is 63.7 Å². The first-order chi connectivity index (χ1) is 11.9. The molecule has 1 N–H and O–H groups in total. The minimum Gasteiger partial charge on any atom is -0.287 e. The Kier molecular flexibility index (Phi) is 4.25. The lowest BCUT2D eigenvalue weighted by molar-refractivity contribution is -0.385. The highest BCUT2D eigenvalue weighted by Gasteiger charge is 2.25. The summed E-state index contributed by atoms with van der Waals surface area (Å²) >= 11 is 0. The van der Waals surface area contributed by atoms with Crippen molar-refractivity contribution in [2.75, 3.05) is 5.32 Å². The molecule has 128 valence electrons. The Morgan fingerprint density at radius 1 is 1.28 bits per heavy atom. The Hall–Kier alpha value is -3.56. The number of anilines is 1. The van der Waals surface area contributed by atoms with Crippen molar-refractivity contribution in [2.24, 2.45) is 7.05 Å². The van der Waals surface area contributed by atoms with E-state index in [1.54, 1.807) is 4.68 Å². The first-order valence-corrected chi connectivity index (χ1v) is 7.37. The third-order valence-electron chi connectivity index (χ3n) is 3.45. The number of carbonyl (C=O) groups is 1. The van der Waals surface area contributed by atoms with E-state index in [2.05, 4.69) is 20.5 Å². The summed E-state index contributed by atoms with van der Waals surface area (Å²) < 4.78 is 2.77. The van der Waals surface area contributed by atoms with Crippen LogP contribution in [0.1, 0.15) is 21.6 Å². The number of carbonyl (C=O) groups excluding carboxylic acids is 1. The number of benzene rings is 1. The maximum absolute atomic E-state index is 12.2. The van der Waals surface area contributed by atoms with Gasteiger partial charge in [-0.3, -0.25) is 24.9 Å². The van der Waals surface area contributed by atoms with Gasteiger partial charge in [-0.05, 0) is 12.5 Å². The van der Waals surface area contributed by atoms with Crippen molar-refractivity contribution in [1.82, 2.24) is 24.5 Å². The Balaban J connectivity index is 1.72. The van der Waals surface area contributed by atoms with Crippen molar-refractivity contribution in [3.8, 4) is 0 Å². The molecule has 0 radical (unpaired) electrons. The van der Waals surface area contributed by atoms with Gasteiger partial charge in [0, 0.05) is 7.05 Å². The molecule has 10 nitrogen and oxygen atoms in total. The summed E-state index contributed by atoms with van der Waals surface area (Å²) in [5, 5.41) is 21.3. The Labute approximate surface area is 142 Å². The van der Waals surface area contributed by atoms with Crippen LogP contribution in [-0.2, 0) is 13.6 Å². The summed E-state index contributed by atoms with van der Waals surface area (Å²) in [4.78, 5) is 26.5. The predicted molar refractivity (Wildman–Crippen MR) is 88.1 cm³/mol. The number of nitrogens with one attached hydrogen (secondary N) is 1. The molecule has 0 spiro atoms. The fraction of sp³-hybridized carbons (Fsp3) is 0.200. The molecule has 25 heavy (non-hydrogen) atoms. The molecule has 0 aliphatic carbocycles. The number of nitrogens with zero attached hydrogens (tertiary/aromatic N) is 6. The number of hydrogen-bond donors (Lipinski definition) is 1. The first kappa shape index (κ1) is 16.3. The maximum atomic E-state index is 12.2. The van der Waals surface area contributed by atoms with Gasteiger partial charge in [0.25, 0.3) is 5.91 Å². The summed E-state index contributed by atoms with van der Waals surface area (Å²) in [5.41, 5.74) is 1.53. The zero-order chi connectivity index (χ0) is 18.0. The summed E-state index contributed by atoms with van der Waals surface area (Å²) in [6.45, 7) is 2.50. The second-order valence-electron chi connectivity index (χ2n) is 5.50. The highest BCUT2D eigenvalue weighted by molar-refractivity contribution is 6.04. The van der Waals surface area contributed by atoms with Gasteiger partial charge < -0.3 is 0 Å². The van der Waals surface area contributed by atoms with E-state index in [0.717, 1.165) is 11.1 Å². The molecule has 0 bridgehead atoms. The van der Waals surface area contributed by atoms with Crippen molar-refractivity contribution >= 4 is 17.5 Å². The van der Waals surface area contributed by atoms with Crippen LogP contribution in [0.15, 0.2) is 36.8 Å². The molecule has 10 heteroatoms. The third kappa shape index (κ3) is 3.68. The van der Waals surface area contributed by atoms with Gasteiger partial charge in [-0.15, -0.1) is 5.10 Å².